The number of carbonyl (C=O) groups excluding carboxylic acids is 2. The summed E-state index contributed by atoms with van der Waals surface area (Å²) in [7, 11) is 0. The number of halogens is 1. The number of hydrogen-bond donors (Lipinski definition) is 1. The molecule has 21 heavy (non-hydrogen) atoms. The van der Waals surface area contributed by atoms with Gasteiger partial charge in [-0.1, -0.05) is 22.0 Å². The number of hydrogen-bond acceptors (Lipinski definition) is 4. The normalized spacial score (nSPS) is 10.6. The zero-order valence-electron chi connectivity index (χ0n) is 11.5. The maximum absolute atomic E-state index is 11.7. The average Bonchev–Trinajstić information content (AvgIpc) is 2.45. The van der Waals surface area contributed by atoms with E-state index in [0.29, 0.717) is 16.7 Å². The van der Waals surface area contributed by atoms with Gasteiger partial charge in [0.2, 0.25) is 0 Å². The summed E-state index contributed by atoms with van der Waals surface area (Å²) in [5, 5.41) is 8.86. The van der Waals surface area contributed by atoms with Crippen molar-refractivity contribution in [1.29, 1.82) is 0 Å². The molecule has 1 rings (SSSR count). The van der Waals surface area contributed by atoms with Crippen molar-refractivity contribution in [2.24, 2.45) is 0 Å². The number of alkyl halides is 1. The van der Waals surface area contributed by atoms with Gasteiger partial charge in [-0.05, 0) is 36.3 Å². The molecule has 6 heteroatoms. The number of carboxylic acids is 1. The van der Waals surface area contributed by atoms with Gasteiger partial charge in [0, 0.05) is 12.5 Å². The molecule has 1 N–H and O–H groups in total. The number of esters is 1. The molecule has 0 aliphatic carbocycles. The van der Waals surface area contributed by atoms with Crippen LogP contribution in [-0.2, 0) is 20.7 Å². The van der Waals surface area contributed by atoms with Gasteiger partial charge in [-0.3, -0.25) is 4.79 Å². The Hall–Kier alpha value is -1.95. The summed E-state index contributed by atoms with van der Waals surface area (Å²) in [5.74, 6) is -1.62. The van der Waals surface area contributed by atoms with Gasteiger partial charge >= 0.3 is 11.9 Å². The maximum atomic E-state index is 11.7. The Morgan fingerprint density at radius 1 is 1.33 bits per heavy atom. The fourth-order valence-corrected chi connectivity index (χ4v) is 1.88. The molecule has 0 radical (unpaired) electrons. The van der Waals surface area contributed by atoms with Crippen molar-refractivity contribution in [1.82, 2.24) is 0 Å². The first-order valence-electron chi connectivity index (χ1n) is 6.26. The zero-order valence-corrected chi connectivity index (χ0v) is 13.1. The van der Waals surface area contributed by atoms with E-state index in [1.807, 2.05) is 0 Å². The number of carbonyl (C=O) groups is 3. The molecular formula is C15H15BrO5. The Morgan fingerprint density at radius 2 is 2.05 bits per heavy atom. The number of ether oxygens (including phenoxy) is 1. The number of aliphatic carboxylic acids is 1. The first-order chi connectivity index (χ1) is 9.97. The van der Waals surface area contributed by atoms with Gasteiger partial charge in [-0.15, -0.1) is 0 Å². The standard InChI is InChI=1S/C15H15BrO5/c1-2-21-15(20)11-4-3-10(5-6-14(18)19)12(7-11)8-13(17)9-16/h3-7H,2,8-9H2,1H3,(H,18,19)/b6-5+. The predicted molar refractivity (Wildman–Crippen MR) is 81.6 cm³/mol. The maximum Gasteiger partial charge on any atom is 0.338 e. The van der Waals surface area contributed by atoms with E-state index in [9.17, 15) is 14.4 Å². The van der Waals surface area contributed by atoms with E-state index in [2.05, 4.69) is 15.9 Å². The minimum absolute atomic E-state index is 0.0685. The fourth-order valence-electron chi connectivity index (χ4n) is 1.68. The molecule has 0 aliphatic heterocycles. The first-order valence-corrected chi connectivity index (χ1v) is 7.38. The predicted octanol–water partition coefficient (Wildman–Crippen LogP) is 2.47. The SMILES string of the molecule is CCOC(=O)c1ccc(/C=C/C(=O)O)c(CC(=O)CBr)c1. The summed E-state index contributed by atoms with van der Waals surface area (Å²) in [6.45, 7) is 1.96. The summed E-state index contributed by atoms with van der Waals surface area (Å²) in [6, 6.07) is 4.70. The Kier molecular flexibility index (Phi) is 6.81. The lowest BCUT2D eigenvalue weighted by atomic mass is 9.99. The Bertz CT molecular complexity index is 577. The van der Waals surface area contributed by atoms with Gasteiger partial charge in [-0.2, -0.15) is 0 Å². The minimum atomic E-state index is -1.08. The van der Waals surface area contributed by atoms with Crippen LogP contribution in [0, 0.1) is 0 Å². The third-order valence-corrected chi connectivity index (χ3v) is 3.22. The summed E-state index contributed by atoms with van der Waals surface area (Å²) in [5.41, 5.74) is 1.50. The average molecular weight is 355 g/mol. The fraction of sp³-hybridized carbons (Fsp3) is 0.267. The number of carboxylic acid groups (broad SMARTS) is 1. The summed E-state index contributed by atoms with van der Waals surface area (Å²) < 4.78 is 4.91. The van der Waals surface area contributed by atoms with Crippen LogP contribution in [0.2, 0.25) is 0 Å². The summed E-state index contributed by atoms with van der Waals surface area (Å²) in [6.07, 6.45) is 2.49. The molecule has 0 unspecified atom stereocenters. The largest absolute Gasteiger partial charge is 0.478 e. The molecule has 0 saturated heterocycles. The van der Waals surface area contributed by atoms with E-state index in [-0.39, 0.29) is 24.1 Å². The smallest absolute Gasteiger partial charge is 0.338 e. The van der Waals surface area contributed by atoms with E-state index in [1.165, 1.54) is 6.08 Å². The van der Waals surface area contributed by atoms with Crippen molar-refractivity contribution in [3.05, 3.63) is 41.0 Å². The van der Waals surface area contributed by atoms with E-state index in [4.69, 9.17) is 9.84 Å². The number of Topliss-reactive ketones (excluding diaryl/α,β-unsaturated/α-hetero) is 1. The van der Waals surface area contributed by atoms with Crippen LogP contribution in [0.25, 0.3) is 6.08 Å². The molecule has 1 aromatic carbocycles. The molecular weight excluding hydrogens is 340 g/mol. The lowest BCUT2D eigenvalue weighted by Gasteiger charge is -2.08. The molecule has 112 valence electrons. The molecule has 5 nitrogen and oxygen atoms in total. The second-order valence-electron chi connectivity index (χ2n) is 4.15. The van der Waals surface area contributed by atoms with Crippen LogP contribution < -0.4 is 0 Å². The molecule has 0 aliphatic rings. The lowest BCUT2D eigenvalue weighted by molar-refractivity contribution is -0.131. The van der Waals surface area contributed by atoms with Gasteiger partial charge in [0.15, 0.2) is 0 Å². The molecule has 0 bridgehead atoms. The highest BCUT2D eigenvalue weighted by Crippen LogP contribution is 2.16. The molecule has 0 aromatic heterocycles. The van der Waals surface area contributed by atoms with Gasteiger partial charge in [0.1, 0.15) is 5.78 Å². The molecule has 0 spiro atoms. The lowest BCUT2D eigenvalue weighted by Crippen LogP contribution is -2.09. The third-order valence-electron chi connectivity index (χ3n) is 2.60. The molecule has 0 fully saturated rings. The molecule has 0 amide bonds. The van der Waals surface area contributed by atoms with Crippen LogP contribution >= 0.6 is 15.9 Å². The first kappa shape index (κ1) is 17.1. The monoisotopic (exact) mass is 354 g/mol. The highest BCUT2D eigenvalue weighted by Gasteiger charge is 2.12. The van der Waals surface area contributed by atoms with Crippen LogP contribution in [0.1, 0.15) is 28.4 Å². The summed E-state index contributed by atoms with van der Waals surface area (Å²) in [4.78, 5) is 33.9. The van der Waals surface area contributed by atoms with Gasteiger partial charge in [0.05, 0.1) is 17.5 Å². The Labute approximate surface area is 130 Å². The van der Waals surface area contributed by atoms with Gasteiger partial charge in [-0.25, -0.2) is 9.59 Å². The van der Waals surface area contributed by atoms with Crippen molar-refractivity contribution in [2.45, 2.75) is 13.3 Å². The number of ketones is 1. The van der Waals surface area contributed by atoms with E-state index in [0.717, 1.165) is 6.08 Å². The van der Waals surface area contributed by atoms with Crippen molar-refractivity contribution in [2.75, 3.05) is 11.9 Å². The van der Waals surface area contributed by atoms with Crippen LogP contribution in [0.4, 0.5) is 0 Å². The van der Waals surface area contributed by atoms with Crippen LogP contribution in [0.5, 0.6) is 0 Å². The number of rotatable bonds is 7. The topological polar surface area (TPSA) is 80.7 Å². The quantitative estimate of drug-likeness (QED) is 0.462. The minimum Gasteiger partial charge on any atom is -0.478 e. The molecule has 0 saturated carbocycles. The second kappa shape index (κ2) is 8.36. The van der Waals surface area contributed by atoms with E-state index < -0.39 is 11.9 Å². The Morgan fingerprint density at radius 3 is 2.62 bits per heavy atom. The highest BCUT2D eigenvalue weighted by atomic mass is 79.9. The van der Waals surface area contributed by atoms with Crippen LogP contribution in [0.3, 0.4) is 0 Å². The van der Waals surface area contributed by atoms with Crippen molar-refractivity contribution >= 4 is 39.7 Å². The van der Waals surface area contributed by atoms with Crippen LogP contribution in [0.15, 0.2) is 24.3 Å². The third kappa shape index (κ3) is 5.51. The highest BCUT2D eigenvalue weighted by molar-refractivity contribution is 9.09. The summed E-state index contributed by atoms with van der Waals surface area (Å²) >= 11 is 3.08. The van der Waals surface area contributed by atoms with Crippen molar-refractivity contribution in [3.63, 3.8) is 0 Å². The van der Waals surface area contributed by atoms with Crippen molar-refractivity contribution < 1.29 is 24.2 Å². The van der Waals surface area contributed by atoms with E-state index in [1.54, 1.807) is 25.1 Å². The molecule has 1 aromatic rings. The van der Waals surface area contributed by atoms with Gasteiger partial charge in [0.25, 0.3) is 0 Å². The van der Waals surface area contributed by atoms with Crippen molar-refractivity contribution in [3.8, 4) is 0 Å². The van der Waals surface area contributed by atoms with E-state index >= 15 is 0 Å². The zero-order chi connectivity index (χ0) is 15.8. The van der Waals surface area contributed by atoms with Gasteiger partial charge < -0.3 is 9.84 Å². The van der Waals surface area contributed by atoms with Crippen LogP contribution in [-0.4, -0.2) is 34.8 Å². The second-order valence-corrected chi connectivity index (χ2v) is 4.72. The molecule has 0 heterocycles. The molecule has 0 atom stereocenters. The Balaban J connectivity index is 3.15. The number of benzene rings is 1.